The minimum Gasteiger partial charge on any atom is -0.465 e. The Morgan fingerprint density at radius 1 is 1.38 bits per heavy atom. The molecule has 1 unspecified atom stereocenters. The maximum atomic E-state index is 13.1. The van der Waals surface area contributed by atoms with E-state index in [2.05, 4.69) is 4.74 Å². The summed E-state index contributed by atoms with van der Waals surface area (Å²) in [5.74, 6) is -0.543. The molecule has 0 saturated carbocycles. The van der Waals surface area contributed by atoms with Gasteiger partial charge in [0.15, 0.2) is 0 Å². The van der Waals surface area contributed by atoms with E-state index in [4.69, 9.17) is 5.73 Å². The van der Waals surface area contributed by atoms with Crippen molar-refractivity contribution in [2.75, 3.05) is 20.2 Å². The van der Waals surface area contributed by atoms with Crippen LogP contribution in [0.4, 0.5) is 0 Å². The zero-order chi connectivity index (χ0) is 17.0. The number of esters is 1. The van der Waals surface area contributed by atoms with E-state index in [9.17, 15) is 13.2 Å². The van der Waals surface area contributed by atoms with Gasteiger partial charge in [0.2, 0.25) is 10.0 Å². The quantitative estimate of drug-likeness (QED) is 0.795. The largest absolute Gasteiger partial charge is 0.465 e. The molecule has 1 atom stereocenters. The van der Waals surface area contributed by atoms with E-state index in [0.717, 1.165) is 19.3 Å². The van der Waals surface area contributed by atoms with Crippen molar-refractivity contribution in [1.29, 1.82) is 0 Å². The number of carbonyl (C=O) groups is 1. The lowest BCUT2D eigenvalue weighted by molar-refractivity contribution is 0.0600. The molecule has 1 saturated heterocycles. The Labute approximate surface area is 149 Å². The third kappa shape index (κ3) is 4.27. The van der Waals surface area contributed by atoms with Gasteiger partial charge in [-0.2, -0.15) is 4.31 Å². The number of ether oxygens (including phenoxy) is 1. The highest BCUT2D eigenvalue weighted by Gasteiger charge is 2.34. The van der Waals surface area contributed by atoms with Gasteiger partial charge in [-0.3, -0.25) is 0 Å². The molecule has 0 aromatic heterocycles. The van der Waals surface area contributed by atoms with Gasteiger partial charge in [-0.05, 0) is 50.4 Å². The Morgan fingerprint density at radius 3 is 2.71 bits per heavy atom. The summed E-state index contributed by atoms with van der Waals surface area (Å²) in [5.41, 5.74) is 6.49. The second-order valence-corrected chi connectivity index (χ2v) is 7.67. The molecule has 1 heterocycles. The molecule has 2 rings (SSSR count). The molecular formula is C16H25ClN2O4S. The summed E-state index contributed by atoms with van der Waals surface area (Å²) in [6.45, 7) is 2.68. The Hall–Kier alpha value is -1.15. The molecule has 1 aliphatic heterocycles. The van der Waals surface area contributed by atoms with Crippen LogP contribution in [0.1, 0.15) is 41.6 Å². The number of halogens is 1. The SMILES string of the molecule is COC(=O)c1ccc(C)c(S(=O)(=O)N2CCCCC2CCN)c1.Cl. The fourth-order valence-electron chi connectivity index (χ4n) is 3.02. The van der Waals surface area contributed by atoms with Crippen LogP contribution >= 0.6 is 12.4 Å². The monoisotopic (exact) mass is 376 g/mol. The fourth-order valence-corrected chi connectivity index (χ4v) is 5.00. The summed E-state index contributed by atoms with van der Waals surface area (Å²) < 4.78 is 32.4. The number of sulfonamides is 1. The Balaban J connectivity index is 0.00000288. The van der Waals surface area contributed by atoms with Crippen molar-refractivity contribution in [3.63, 3.8) is 0 Å². The van der Waals surface area contributed by atoms with Crippen LogP contribution in [0.5, 0.6) is 0 Å². The van der Waals surface area contributed by atoms with Gasteiger partial charge in [-0.1, -0.05) is 12.5 Å². The normalized spacial score (nSPS) is 18.7. The van der Waals surface area contributed by atoms with E-state index in [-0.39, 0.29) is 28.9 Å². The van der Waals surface area contributed by atoms with Crippen LogP contribution in [0.2, 0.25) is 0 Å². The third-order valence-corrected chi connectivity index (χ3v) is 6.36. The van der Waals surface area contributed by atoms with Gasteiger partial charge in [-0.15, -0.1) is 12.4 Å². The van der Waals surface area contributed by atoms with Crippen molar-refractivity contribution >= 4 is 28.4 Å². The summed E-state index contributed by atoms with van der Waals surface area (Å²) in [7, 11) is -2.38. The van der Waals surface area contributed by atoms with E-state index in [1.807, 2.05) is 0 Å². The number of hydrogen-bond acceptors (Lipinski definition) is 5. The molecule has 1 aromatic carbocycles. The standard InChI is InChI=1S/C16H24N2O4S.ClH/c1-12-6-7-13(16(19)22-2)11-15(12)23(20,21)18-10-4-3-5-14(18)8-9-17;/h6-7,11,14H,3-5,8-10,17H2,1-2H3;1H. The van der Waals surface area contributed by atoms with Crippen molar-refractivity contribution in [1.82, 2.24) is 4.31 Å². The molecule has 0 aliphatic carbocycles. The van der Waals surface area contributed by atoms with Gasteiger partial charge in [0, 0.05) is 12.6 Å². The molecule has 1 aliphatic rings. The maximum absolute atomic E-state index is 13.1. The van der Waals surface area contributed by atoms with Crippen molar-refractivity contribution in [3.05, 3.63) is 29.3 Å². The smallest absolute Gasteiger partial charge is 0.337 e. The molecule has 6 nitrogen and oxygen atoms in total. The number of methoxy groups -OCH3 is 1. The van der Waals surface area contributed by atoms with Crippen LogP contribution in [-0.4, -0.2) is 44.9 Å². The predicted octanol–water partition coefficient (Wildman–Crippen LogP) is 2.10. The van der Waals surface area contributed by atoms with Crippen LogP contribution in [0.15, 0.2) is 23.1 Å². The molecule has 0 spiro atoms. The molecular weight excluding hydrogens is 352 g/mol. The molecule has 1 aromatic rings. The third-order valence-electron chi connectivity index (χ3n) is 4.27. The highest BCUT2D eigenvalue weighted by Crippen LogP contribution is 2.29. The Bertz CT molecular complexity index is 677. The summed E-state index contributed by atoms with van der Waals surface area (Å²) in [6, 6.07) is 4.55. The van der Waals surface area contributed by atoms with Gasteiger partial charge >= 0.3 is 5.97 Å². The molecule has 24 heavy (non-hydrogen) atoms. The van der Waals surface area contributed by atoms with Crippen LogP contribution in [0, 0.1) is 6.92 Å². The number of nitrogens with zero attached hydrogens (tertiary/aromatic N) is 1. The minimum atomic E-state index is -3.66. The first-order valence-corrected chi connectivity index (χ1v) is 9.26. The summed E-state index contributed by atoms with van der Waals surface area (Å²) in [5, 5.41) is 0. The molecule has 136 valence electrons. The highest BCUT2D eigenvalue weighted by atomic mass is 35.5. The van der Waals surface area contributed by atoms with Crippen molar-refractivity contribution in [2.45, 2.75) is 43.5 Å². The number of aryl methyl sites for hydroxylation is 1. The second kappa shape index (κ2) is 8.80. The molecule has 1 fully saturated rings. The second-order valence-electron chi connectivity index (χ2n) is 5.81. The lowest BCUT2D eigenvalue weighted by Gasteiger charge is -2.35. The van der Waals surface area contributed by atoms with Crippen molar-refractivity contribution < 1.29 is 17.9 Å². The van der Waals surface area contributed by atoms with E-state index in [1.165, 1.54) is 13.2 Å². The zero-order valence-electron chi connectivity index (χ0n) is 14.0. The average molecular weight is 377 g/mol. The molecule has 0 bridgehead atoms. The van der Waals surface area contributed by atoms with Gasteiger partial charge < -0.3 is 10.5 Å². The van der Waals surface area contributed by atoms with Crippen molar-refractivity contribution in [3.8, 4) is 0 Å². The van der Waals surface area contributed by atoms with E-state index < -0.39 is 16.0 Å². The predicted molar refractivity (Wildman–Crippen MR) is 95.0 cm³/mol. The molecule has 0 radical (unpaired) electrons. The van der Waals surface area contributed by atoms with Crippen LogP contribution in [0.3, 0.4) is 0 Å². The fraction of sp³-hybridized carbons (Fsp3) is 0.562. The number of piperidine rings is 1. The van der Waals surface area contributed by atoms with E-state index in [1.54, 1.807) is 23.4 Å². The highest BCUT2D eigenvalue weighted by molar-refractivity contribution is 7.89. The number of hydrogen-bond donors (Lipinski definition) is 1. The van der Waals surface area contributed by atoms with Crippen molar-refractivity contribution in [2.24, 2.45) is 5.73 Å². The molecule has 2 N–H and O–H groups in total. The van der Waals surface area contributed by atoms with Gasteiger partial charge in [0.05, 0.1) is 17.6 Å². The topological polar surface area (TPSA) is 89.7 Å². The Morgan fingerprint density at radius 2 is 2.08 bits per heavy atom. The van der Waals surface area contributed by atoms with Gasteiger partial charge in [0.25, 0.3) is 0 Å². The van der Waals surface area contributed by atoms with E-state index >= 15 is 0 Å². The van der Waals surface area contributed by atoms with Crippen LogP contribution < -0.4 is 5.73 Å². The average Bonchev–Trinajstić information content (AvgIpc) is 2.55. The summed E-state index contributed by atoms with van der Waals surface area (Å²) in [4.78, 5) is 11.9. The number of benzene rings is 1. The van der Waals surface area contributed by atoms with Crippen LogP contribution in [-0.2, 0) is 14.8 Å². The Kier molecular flexibility index (Phi) is 7.66. The minimum absolute atomic E-state index is 0. The number of carbonyl (C=O) groups excluding carboxylic acids is 1. The lowest BCUT2D eigenvalue weighted by atomic mass is 10.0. The molecule has 0 amide bonds. The van der Waals surface area contributed by atoms with Gasteiger partial charge in [0.1, 0.15) is 0 Å². The van der Waals surface area contributed by atoms with Crippen LogP contribution in [0.25, 0.3) is 0 Å². The number of nitrogens with two attached hydrogens (primary N) is 1. The summed E-state index contributed by atoms with van der Waals surface area (Å²) in [6.07, 6.45) is 3.33. The first-order chi connectivity index (χ1) is 10.9. The lowest BCUT2D eigenvalue weighted by Crippen LogP contribution is -2.44. The molecule has 8 heteroatoms. The first kappa shape index (κ1) is 20.9. The number of rotatable bonds is 5. The van der Waals surface area contributed by atoms with Gasteiger partial charge in [-0.25, -0.2) is 13.2 Å². The first-order valence-electron chi connectivity index (χ1n) is 7.82. The zero-order valence-corrected chi connectivity index (χ0v) is 15.7. The maximum Gasteiger partial charge on any atom is 0.337 e. The summed E-state index contributed by atoms with van der Waals surface area (Å²) >= 11 is 0. The van der Waals surface area contributed by atoms with E-state index in [0.29, 0.717) is 25.1 Å².